The Morgan fingerprint density at radius 2 is 1.95 bits per heavy atom. The molecule has 0 aromatic heterocycles. The number of carboxylic acids is 1. The van der Waals surface area contributed by atoms with Crippen molar-refractivity contribution >= 4 is 41.2 Å². The van der Waals surface area contributed by atoms with Crippen molar-refractivity contribution in [3.63, 3.8) is 0 Å². The highest BCUT2D eigenvalue weighted by atomic mass is 35.5. The minimum Gasteiger partial charge on any atom is -0.479 e. The zero-order chi connectivity index (χ0) is 15.5. The van der Waals surface area contributed by atoms with Gasteiger partial charge in [-0.05, 0) is 29.8 Å². The van der Waals surface area contributed by atoms with Crippen LogP contribution in [0, 0.1) is 0 Å². The van der Waals surface area contributed by atoms with Gasteiger partial charge in [-0.3, -0.25) is 4.79 Å². The van der Waals surface area contributed by atoms with E-state index in [9.17, 15) is 14.7 Å². The zero-order valence-electron chi connectivity index (χ0n) is 10.9. The smallest absolute Gasteiger partial charge is 0.331 e. The number of rotatable bonds is 4. The normalized spacial score (nSPS) is 21.6. The first-order valence-electron chi connectivity index (χ1n) is 6.19. The number of ether oxygens (including phenoxy) is 1. The second-order valence-electron chi connectivity index (χ2n) is 4.72. The van der Waals surface area contributed by atoms with Gasteiger partial charge < -0.3 is 15.2 Å². The number of carboxylic acid groups (broad SMARTS) is 1. The Labute approximate surface area is 131 Å². The summed E-state index contributed by atoms with van der Waals surface area (Å²) in [6.45, 7) is 0.269. The average molecular weight is 330 g/mol. The maximum Gasteiger partial charge on any atom is 0.331 e. The summed E-state index contributed by atoms with van der Waals surface area (Å²) in [6, 6.07) is 4.86. The van der Waals surface area contributed by atoms with Crippen molar-refractivity contribution in [1.82, 2.24) is 5.32 Å². The number of aliphatic carboxylic acids is 1. The van der Waals surface area contributed by atoms with Gasteiger partial charge in [-0.2, -0.15) is 0 Å². The van der Waals surface area contributed by atoms with Crippen molar-refractivity contribution in [1.29, 1.82) is 0 Å². The van der Waals surface area contributed by atoms with E-state index < -0.39 is 17.4 Å². The van der Waals surface area contributed by atoms with Gasteiger partial charge in [-0.1, -0.05) is 23.2 Å². The molecule has 1 unspecified atom stereocenters. The van der Waals surface area contributed by atoms with Gasteiger partial charge in [0.2, 0.25) is 5.91 Å². The summed E-state index contributed by atoms with van der Waals surface area (Å²) in [5.74, 6) is -1.62. The Bertz CT molecular complexity index is 574. The minimum atomic E-state index is -1.35. The Morgan fingerprint density at radius 3 is 2.48 bits per heavy atom. The lowest BCUT2D eigenvalue weighted by Gasteiger charge is -2.22. The SMILES string of the molecule is O=C(C=Cc1cc(Cl)cc(Cl)c1)NC1(C(=O)O)CCOC1. The molecule has 0 radical (unpaired) electrons. The molecule has 2 rings (SSSR count). The summed E-state index contributed by atoms with van der Waals surface area (Å²) in [7, 11) is 0. The molecule has 1 atom stereocenters. The molecule has 1 aromatic rings. The predicted molar refractivity (Wildman–Crippen MR) is 79.4 cm³/mol. The molecule has 1 saturated heterocycles. The van der Waals surface area contributed by atoms with Crippen molar-refractivity contribution in [2.45, 2.75) is 12.0 Å². The molecule has 5 nitrogen and oxygen atoms in total. The van der Waals surface area contributed by atoms with Gasteiger partial charge >= 0.3 is 5.97 Å². The molecule has 1 aliphatic heterocycles. The van der Waals surface area contributed by atoms with Crippen LogP contribution in [0.4, 0.5) is 0 Å². The van der Waals surface area contributed by atoms with Gasteiger partial charge in [0.05, 0.1) is 6.61 Å². The van der Waals surface area contributed by atoms with E-state index in [0.29, 0.717) is 22.2 Å². The van der Waals surface area contributed by atoms with Gasteiger partial charge in [-0.15, -0.1) is 0 Å². The Hall–Kier alpha value is -1.56. The van der Waals surface area contributed by atoms with Crippen LogP contribution in [0.3, 0.4) is 0 Å². The molecule has 1 heterocycles. The lowest BCUT2D eigenvalue weighted by molar-refractivity contribution is -0.147. The topological polar surface area (TPSA) is 75.6 Å². The Balaban J connectivity index is 2.07. The van der Waals surface area contributed by atoms with Gasteiger partial charge in [0.15, 0.2) is 5.54 Å². The van der Waals surface area contributed by atoms with E-state index in [-0.39, 0.29) is 13.0 Å². The molecule has 1 aliphatic rings. The van der Waals surface area contributed by atoms with Crippen LogP contribution >= 0.6 is 23.2 Å². The number of halogens is 2. The molecule has 1 amide bonds. The van der Waals surface area contributed by atoms with Crippen molar-refractivity contribution in [2.24, 2.45) is 0 Å². The van der Waals surface area contributed by atoms with E-state index in [0.717, 1.165) is 0 Å². The summed E-state index contributed by atoms with van der Waals surface area (Å²) in [5.41, 5.74) is -0.706. The molecule has 7 heteroatoms. The highest BCUT2D eigenvalue weighted by molar-refractivity contribution is 6.34. The van der Waals surface area contributed by atoms with Crippen LogP contribution in [0.2, 0.25) is 10.0 Å². The summed E-state index contributed by atoms with van der Waals surface area (Å²) in [4.78, 5) is 23.1. The number of hydrogen-bond donors (Lipinski definition) is 2. The Kier molecular flexibility index (Phi) is 4.88. The minimum absolute atomic E-state index is 0.0368. The van der Waals surface area contributed by atoms with Crippen LogP contribution in [0.15, 0.2) is 24.3 Å². The molecule has 112 valence electrons. The molecular weight excluding hydrogens is 317 g/mol. The van der Waals surface area contributed by atoms with Crippen molar-refractivity contribution in [2.75, 3.05) is 13.2 Å². The second-order valence-corrected chi connectivity index (χ2v) is 5.59. The van der Waals surface area contributed by atoms with Gasteiger partial charge in [0.1, 0.15) is 0 Å². The van der Waals surface area contributed by atoms with Crippen molar-refractivity contribution in [3.8, 4) is 0 Å². The maximum atomic E-state index is 11.9. The molecule has 1 aromatic carbocycles. The van der Waals surface area contributed by atoms with Crippen LogP contribution < -0.4 is 5.32 Å². The fraction of sp³-hybridized carbons (Fsp3) is 0.286. The number of carbonyl (C=O) groups is 2. The molecule has 0 saturated carbocycles. The van der Waals surface area contributed by atoms with Crippen molar-refractivity contribution in [3.05, 3.63) is 39.9 Å². The van der Waals surface area contributed by atoms with E-state index in [1.54, 1.807) is 18.2 Å². The molecule has 1 fully saturated rings. The first-order chi connectivity index (χ1) is 9.91. The fourth-order valence-electron chi connectivity index (χ4n) is 2.01. The third-order valence-electron chi connectivity index (χ3n) is 3.11. The number of carbonyl (C=O) groups excluding carboxylic acids is 1. The molecule has 0 spiro atoms. The summed E-state index contributed by atoms with van der Waals surface area (Å²) in [6.07, 6.45) is 2.99. The van der Waals surface area contributed by atoms with E-state index in [4.69, 9.17) is 27.9 Å². The average Bonchev–Trinajstić information content (AvgIpc) is 2.85. The number of benzene rings is 1. The first kappa shape index (κ1) is 15.8. The lowest BCUT2D eigenvalue weighted by Crippen LogP contribution is -2.54. The van der Waals surface area contributed by atoms with E-state index in [2.05, 4.69) is 5.32 Å². The standard InChI is InChI=1S/C14H13Cl2NO4/c15-10-5-9(6-11(16)7-10)1-2-12(18)17-14(13(19)20)3-4-21-8-14/h1-2,5-7H,3-4,8H2,(H,17,18)(H,19,20). The molecule has 21 heavy (non-hydrogen) atoms. The maximum absolute atomic E-state index is 11.9. The highest BCUT2D eigenvalue weighted by Gasteiger charge is 2.43. The van der Waals surface area contributed by atoms with Crippen molar-refractivity contribution < 1.29 is 19.4 Å². The molecule has 0 aliphatic carbocycles. The summed E-state index contributed by atoms with van der Waals surface area (Å²) in [5, 5.41) is 12.6. The third kappa shape index (κ3) is 3.97. The second kappa shape index (κ2) is 6.47. The molecule has 0 bridgehead atoms. The fourth-order valence-corrected chi connectivity index (χ4v) is 2.55. The van der Waals surface area contributed by atoms with Gasteiger partial charge in [-0.25, -0.2) is 4.79 Å². The van der Waals surface area contributed by atoms with Crippen LogP contribution in [0.1, 0.15) is 12.0 Å². The first-order valence-corrected chi connectivity index (χ1v) is 6.94. The lowest BCUT2D eigenvalue weighted by atomic mass is 9.99. The van der Waals surface area contributed by atoms with Crippen LogP contribution in [-0.2, 0) is 14.3 Å². The van der Waals surface area contributed by atoms with E-state index in [1.165, 1.54) is 12.2 Å². The predicted octanol–water partition coefficient (Wildman–Crippen LogP) is 2.37. The molecular formula is C14H13Cl2NO4. The van der Waals surface area contributed by atoms with Crippen LogP contribution in [-0.4, -0.2) is 35.7 Å². The van der Waals surface area contributed by atoms with E-state index >= 15 is 0 Å². The van der Waals surface area contributed by atoms with Gasteiger partial charge in [0, 0.05) is 29.1 Å². The number of nitrogens with one attached hydrogen (secondary N) is 1. The quantitative estimate of drug-likeness (QED) is 0.831. The highest BCUT2D eigenvalue weighted by Crippen LogP contribution is 2.21. The monoisotopic (exact) mass is 329 g/mol. The van der Waals surface area contributed by atoms with Crippen LogP contribution in [0.5, 0.6) is 0 Å². The van der Waals surface area contributed by atoms with Crippen LogP contribution in [0.25, 0.3) is 6.08 Å². The zero-order valence-corrected chi connectivity index (χ0v) is 12.4. The summed E-state index contributed by atoms with van der Waals surface area (Å²) < 4.78 is 5.06. The number of hydrogen-bond acceptors (Lipinski definition) is 3. The van der Waals surface area contributed by atoms with E-state index in [1.807, 2.05) is 0 Å². The van der Waals surface area contributed by atoms with Gasteiger partial charge in [0.25, 0.3) is 0 Å². The number of amides is 1. The third-order valence-corrected chi connectivity index (χ3v) is 3.54. The molecule has 2 N–H and O–H groups in total. The largest absolute Gasteiger partial charge is 0.479 e. The summed E-state index contributed by atoms with van der Waals surface area (Å²) >= 11 is 11.7. The Morgan fingerprint density at radius 1 is 1.29 bits per heavy atom.